The molecule has 0 spiro atoms. The molecular formula is C41H26O2S2. The van der Waals surface area contributed by atoms with Gasteiger partial charge in [0.15, 0.2) is 0 Å². The van der Waals surface area contributed by atoms with Gasteiger partial charge in [-0.25, -0.2) is 0 Å². The summed E-state index contributed by atoms with van der Waals surface area (Å²) < 4.78 is 2.54. The van der Waals surface area contributed by atoms with Crippen LogP contribution in [-0.2, 0) is 5.41 Å². The van der Waals surface area contributed by atoms with Crippen molar-refractivity contribution in [3.8, 4) is 43.5 Å². The normalized spacial score (nSPS) is 13.2. The zero-order valence-electron chi connectivity index (χ0n) is 24.1. The number of phenols is 2. The van der Waals surface area contributed by atoms with Crippen LogP contribution in [-0.4, -0.2) is 10.2 Å². The maximum Gasteiger partial charge on any atom is 0.115 e. The van der Waals surface area contributed by atoms with E-state index >= 15 is 0 Å². The van der Waals surface area contributed by atoms with Gasteiger partial charge in [-0.15, -0.1) is 22.7 Å². The van der Waals surface area contributed by atoms with Gasteiger partial charge >= 0.3 is 0 Å². The van der Waals surface area contributed by atoms with Crippen LogP contribution in [0.3, 0.4) is 0 Å². The van der Waals surface area contributed by atoms with E-state index in [0.29, 0.717) is 0 Å². The van der Waals surface area contributed by atoms with Gasteiger partial charge in [-0.1, -0.05) is 84.9 Å². The molecule has 0 unspecified atom stereocenters. The van der Waals surface area contributed by atoms with Crippen molar-refractivity contribution in [1.82, 2.24) is 0 Å². The quantitative estimate of drug-likeness (QED) is 0.207. The van der Waals surface area contributed by atoms with Crippen LogP contribution in [0, 0.1) is 0 Å². The summed E-state index contributed by atoms with van der Waals surface area (Å²) in [7, 11) is 0. The zero-order chi connectivity index (χ0) is 30.1. The van der Waals surface area contributed by atoms with E-state index in [1.165, 1.54) is 63.3 Å². The molecule has 0 amide bonds. The van der Waals surface area contributed by atoms with Crippen LogP contribution in [0.5, 0.6) is 11.5 Å². The Kier molecular flexibility index (Phi) is 5.79. The topological polar surface area (TPSA) is 40.5 Å². The second-order valence-electron chi connectivity index (χ2n) is 11.7. The van der Waals surface area contributed by atoms with Gasteiger partial charge in [0.2, 0.25) is 0 Å². The highest BCUT2D eigenvalue weighted by Crippen LogP contribution is 2.58. The van der Waals surface area contributed by atoms with Crippen LogP contribution >= 0.6 is 22.7 Å². The number of phenolic OH excluding ortho intramolecular Hbond substituents is 2. The minimum atomic E-state index is -0.675. The van der Waals surface area contributed by atoms with E-state index in [1.54, 1.807) is 24.3 Å². The monoisotopic (exact) mass is 614 g/mol. The van der Waals surface area contributed by atoms with E-state index in [1.807, 2.05) is 46.9 Å². The molecule has 4 heteroatoms. The summed E-state index contributed by atoms with van der Waals surface area (Å²) >= 11 is 3.62. The molecule has 2 heterocycles. The Bertz CT molecular complexity index is 2160. The SMILES string of the molecule is Oc1ccc(C2(c3ccc(O)cc3)c3cc(-c4cc5ccccc5s4)ccc3-c3ccc(-c4cc5ccccc5s4)cc32)cc1. The molecule has 214 valence electrons. The van der Waals surface area contributed by atoms with Crippen molar-refractivity contribution in [3.05, 3.63) is 168 Å². The largest absolute Gasteiger partial charge is 0.508 e. The summed E-state index contributed by atoms with van der Waals surface area (Å²) in [6, 6.07) is 50.7. The van der Waals surface area contributed by atoms with Gasteiger partial charge in [0.05, 0.1) is 5.41 Å². The smallest absolute Gasteiger partial charge is 0.115 e. The molecule has 0 radical (unpaired) electrons. The minimum Gasteiger partial charge on any atom is -0.508 e. The number of thiophene rings is 2. The number of aromatic hydroxyl groups is 2. The molecule has 2 N–H and O–H groups in total. The van der Waals surface area contributed by atoms with E-state index in [0.717, 1.165) is 11.1 Å². The Balaban J connectivity index is 1.35. The van der Waals surface area contributed by atoms with Crippen molar-refractivity contribution in [2.75, 3.05) is 0 Å². The van der Waals surface area contributed by atoms with Crippen LogP contribution in [0.25, 0.3) is 52.2 Å². The summed E-state index contributed by atoms with van der Waals surface area (Å²) in [5.74, 6) is 0.465. The lowest BCUT2D eigenvalue weighted by atomic mass is 9.67. The van der Waals surface area contributed by atoms with Crippen LogP contribution in [0.1, 0.15) is 22.3 Å². The molecule has 2 aromatic heterocycles. The number of hydrogen-bond acceptors (Lipinski definition) is 4. The lowest BCUT2D eigenvalue weighted by Gasteiger charge is -2.34. The molecule has 1 aliphatic carbocycles. The van der Waals surface area contributed by atoms with Crippen LogP contribution in [0.2, 0.25) is 0 Å². The van der Waals surface area contributed by atoms with Gasteiger partial charge in [0.1, 0.15) is 11.5 Å². The van der Waals surface area contributed by atoms with Crippen LogP contribution in [0.4, 0.5) is 0 Å². The minimum absolute atomic E-state index is 0.233. The van der Waals surface area contributed by atoms with Crippen molar-refractivity contribution in [3.63, 3.8) is 0 Å². The van der Waals surface area contributed by atoms with Gasteiger partial charge in [-0.05, 0) is 116 Å². The van der Waals surface area contributed by atoms with Crippen molar-refractivity contribution in [2.24, 2.45) is 0 Å². The van der Waals surface area contributed by atoms with Gasteiger partial charge < -0.3 is 10.2 Å². The molecule has 6 aromatic carbocycles. The fourth-order valence-electron chi connectivity index (χ4n) is 7.09. The number of fused-ring (bicyclic) bond motifs is 5. The standard InChI is InChI=1S/C41H26O2S2/c42-31-15-11-29(12-16-31)41(30-13-17-32(43)18-14-30)35-21-27(39-23-25-5-1-3-7-37(25)44-39)9-19-33(35)34-20-10-28(22-36(34)41)40-24-26-6-2-4-8-38(26)45-40/h1-24,42-43H. The lowest BCUT2D eigenvalue weighted by Crippen LogP contribution is -2.28. The highest BCUT2D eigenvalue weighted by Gasteiger charge is 2.46. The molecule has 8 aromatic rings. The molecule has 45 heavy (non-hydrogen) atoms. The molecule has 0 fully saturated rings. The summed E-state index contributed by atoms with van der Waals surface area (Å²) in [4.78, 5) is 2.46. The lowest BCUT2D eigenvalue weighted by molar-refractivity contribution is 0.475. The Labute approximate surface area is 268 Å². The van der Waals surface area contributed by atoms with Crippen LogP contribution < -0.4 is 0 Å². The van der Waals surface area contributed by atoms with Gasteiger partial charge in [-0.3, -0.25) is 0 Å². The molecule has 0 saturated carbocycles. The molecule has 2 nitrogen and oxygen atoms in total. The number of hydrogen-bond donors (Lipinski definition) is 2. The molecular weight excluding hydrogens is 589 g/mol. The van der Waals surface area contributed by atoms with Crippen molar-refractivity contribution in [2.45, 2.75) is 5.41 Å². The highest BCUT2D eigenvalue weighted by molar-refractivity contribution is 7.22. The Morgan fingerprint density at radius 1 is 0.422 bits per heavy atom. The van der Waals surface area contributed by atoms with E-state index in [4.69, 9.17) is 0 Å². The second-order valence-corrected chi connectivity index (χ2v) is 13.8. The number of rotatable bonds is 4. The second kappa shape index (κ2) is 9.93. The third-order valence-electron chi connectivity index (χ3n) is 9.16. The predicted molar refractivity (Wildman–Crippen MR) is 189 cm³/mol. The molecule has 1 aliphatic rings. The van der Waals surface area contributed by atoms with Gasteiger partial charge in [0, 0.05) is 19.2 Å². The van der Waals surface area contributed by atoms with E-state index in [9.17, 15) is 10.2 Å². The average molecular weight is 615 g/mol. The molecule has 0 atom stereocenters. The van der Waals surface area contributed by atoms with Gasteiger partial charge in [-0.2, -0.15) is 0 Å². The fourth-order valence-corrected chi connectivity index (χ4v) is 9.21. The Hall–Kier alpha value is -5.16. The first kappa shape index (κ1) is 26.3. The zero-order valence-corrected chi connectivity index (χ0v) is 25.7. The molecule has 0 bridgehead atoms. The summed E-state index contributed by atoms with van der Waals surface area (Å²) in [6.45, 7) is 0. The first-order valence-corrected chi connectivity index (χ1v) is 16.6. The third kappa shape index (κ3) is 4.00. The van der Waals surface area contributed by atoms with E-state index < -0.39 is 5.41 Å². The molecule has 0 saturated heterocycles. The maximum atomic E-state index is 10.4. The predicted octanol–water partition coefficient (Wildman–Crippen LogP) is 11.2. The van der Waals surface area contributed by atoms with E-state index in [2.05, 4.69) is 97.1 Å². The first-order chi connectivity index (χ1) is 22.1. The van der Waals surface area contributed by atoms with Crippen molar-refractivity contribution in [1.29, 1.82) is 0 Å². The third-order valence-corrected chi connectivity index (χ3v) is 11.5. The molecule has 9 rings (SSSR count). The summed E-state index contributed by atoms with van der Waals surface area (Å²) in [5, 5.41) is 23.2. The first-order valence-electron chi connectivity index (χ1n) is 14.9. The Morgan fingerprint density at radius 3 is 1.27 bits per heavy atom. The fraction of sp³-hybridized carbons (Fsp3) is 0.0244. The maximum absolute atomic E-state index is 10.4. The van der Waals surface area contributed by atoms with Crippen molar-refractivity contribution >= 4 is 42.8 Å². The highest BCUT2D eigenvalue weighted by atomic mass is 32.1. The number of benzene rings is 6. The van der Waals surface area contributed by atoms with E-state index in [-0.39, 0.29) is 11.5 Å². The van der Waals surface area contributed by atoms with Gasteiger partial charge in [0.25, 0.3) is 0 Å². The summed E-state index contributed by atoms with van der Waals surface area (Å²) in [5.41, 5.74) is 8.57. The van der Waals surface area contributed by atoms with Crippen molar-refractivity contribution < 1.29 is 10.2 Å². The summed E-state index contributed by atoms with van der Waals surface area (Å²) in [6.07, 6.45) is 0. The molecule has 0 aliphatic heterocycles. The van der Waals surface area contributed by atoms with Crippen LogP contribution in [0.15, 0.2) is 146 Å². The average Bonchev–Trinajstić information content (AvgIpc) is 3.78. The Morgan fingerprint density at radius 2 is 0.844 bits per heavy atom.